The first-order valence-corrected chi connectivity index (χ1v) is 14.2. The fraction of sp³-hybridized carbons (Fsp3) is 0.455. The molecule has 0 spiro atoms. The standard InChI is InChI=1S/2C11H14ClO4P/c2*1-11(2)7-15-17(13,14)16-10(11)8-5-3-4-6-9(8)12/h2*3-6,10H,7H2,1-2H3,(H,13,14)/t2*10-/m10/s1. The van der Waals surface area contributed by atoms with Crippen LogP contribution in [0.25, 0.3) is 0 Å². The van der Waals surface area contributed by atoms with E-state index in [1.807, 2.05) is 39.8 Å². The Labute approximate surface area is 209 Å². The van der Waals surface area contributed by atoms with Crippen LogP contribution in [0.5, 0.6) is 0 Å². The second-order valence-corrected chi connectivity index (χ2v) is 13.1. The average Bonchev–Trinajstić information content (AvgIpc) is 2.74. The normalized spacial score (nSPS) is 32.4. The monoisotopic (exact) mass is 552 g/mol. The van der Waals surface area contributed by atoms with Gasteiger partial charge in [-0.05, 0) is 12.1 Å². The molecule has 0 radical (unpaired) electrons. The van der Waals surface area contributed by atoms with E-state index in [4.69, 9.17) is 41.3 Å². The second-order valence-electron chi connectivity index (χ2n) is 9.48. The van der Waals surface area contributed by atoms with Gasteiger partial charge in [-0.3, -0.25) is 18.1 Å². The highest BCUT2D eigenvalue weighted by atomic mass is 35.5. The quantitative estimate of drug-likeness (QED) is 0.379. The summed E-state index contributed by atoms with van der Waals surface area (Å²) in [4.78, 5) is 18.8. The van der Waals surface area contributed by atoms with Crippen molar-refractivity contribution in [3.63, 3.8) is 0 Å². The predicted octanol–water partition coefficient (Wildman–Crippen LogP) is 7.11. The first-order valence-electron chi connectivity index (χ1n) is 10.4. The van der Waals surface area contributed by atoms with E-state index < -0.39 is 38.7 Å². The summed E-state index contributed by atoms with van der Waals surface area (Å²) in [5.74, 6) is 0. The number of phosphoric ester groups is 2. The van der Waals surface area contributed by atoms with Crippen LogP contribution in [0.15, 0.2) is 48.5 Å². The Hall–Kier alpha value is -0.760. The van der Waals surface area contributed by atoms with Crippen LogP contribution in [-0.2, 0) is 27.2 Å². The van der Waals surface area contributed by atoms with Crippen molar-refractivity contribution in [2.24, 2.45) is 10.8 Å². The van der Waals surface area contributed by atoms with Crippen LogP contribution in [0, 0.1) is 10.8 Å². The number of halogens is 2. The molecule has 2 unspecified atom stereocenters. The molecule has 0 aromatic heterocycles. The molecular weight excluding hydrogens is 525 g/mol. The second kappa shape index (κ2) is 10.3. The number of hydrogen-bond acceptors (Lipinski definition) is 6. The molecule has 2 saturated heterocycles. The molecule has 12 heteroatoms. The van der Waals surface area contributed by atoms with Crippen LogP contribution in [0.3, 0.4) is 0 Å². The summed E-state index contributed by atoms with van der Waals surface area (Å²) in [6, 6.07) is 14.3. The Morgan fingerprint density at radius 3 is 1.38 bits per heavy atom. The highest BCUT2D eigenvalue weighted by molar-refractivity contribution is 7.47. The molecule has 2 aromatic carbocycles. The van der Waals surface area contributed by atoms with E-state index in [0.717, 1.165) is 0 Å². The third kappa shape index (κ3) is 6.71. The maximum atomic E-state index is 11.5. The Kier molecular flexibility index (Phi) is 8.44. The van der Waals surface area contributed by atoms with Gasteiger partial charge in [0.1, 0.15) is 12.2 Å². The summed E-state index contributed by atoms with van der Waals surface area (Å²) >= 11 is 12.2. The van der Waals surface area contributed by atoms with Crippen molar-refractivity contribution in [2.45, 2.75) is 39.9 Å². The Morgan fingerprint density at radius 2 is 1.06 bits per heavy atom. The van der Waals surface area contributed by atoms with Gasteiger partial charge in [0.2, 0.25) is 0 Å². The van der Waals surface area contributed by atoms with E-state index in [1.54, 1.807) is 36.4 Å². The first kappa shape index (κ1) is 27.8. The van der Waals surface area contributed by atoms with Crippen molar-refractivity contribution in [3.05, 3.63) is 69.7 Å². The van der Waals surface area contributed by atoms with Crippen LogP contribution in [0.4, 0.5) is 0 Å². The third-order valence-electron chi connectivity index (χ3n) is 5.47. The van der Waals surface area contributed by atoms with Gasteiger partial charge in [-0.2, -0.15) is 0 Å². The van der Waals surface area contributed by atoms with E-state index in [-0.39, 0.29) is 13.2 Å². The lowest BCUT2D eigenvalue weighted by Gasteiger charge is -2.39. The number of phosphoric acid groups is 2. The van der Waals surface area contributed by atoms with Gasteiger partial charge in [0.25, 0.3) is 0 Å². The summed E-state index contributed by atoms with van der Waals surface area (Å²) in [5, 5.41) is 1.04. The van der Waals surface area contributed by atoms with Gasteiger partial charge in [0.15, 0.2) is 0 Å². The summed E-state index contributed by atoms with van der Waals surface area (Å²) in [6.45, 7) is 7.91. The molecule has 0 saturated carbocycles. The number of benzene rings is 2. The molecule has 0 bridgehead atoms. The van der Waals surface area contributed by atoms with E-state index in [2.05, 4.69) is 0 Å². The third-order valence-corrected chi connectivity index (χ3v) is 8.03. The lowest BCUT2D eigenvalue weighted by molar-refractivity contribution is -0.0475. The highest BCUT2D eigenvalue weighted by Gasteiger charge is 2.46. The SMILES string of the molecule is CC1(C)COP(=O)(O)O[C@@H]1c1ccccc1Cl.CC1(C)COP(=O)(O)O[C@H]1c1ccccc1Cl. The van der Waals surface area contributed by atoms with Gasteiger partial charge in [-0.15, -0.1) is 0 Å². The Morgan fingerprint density at radius 1 is 0.735 bits per heavy atom. The molecule has 2 fully saturated rings. The first-order chi connectivity index (χ1) is 15.6. The largest absolute Gasteiger partial charge is 0.472 e. The lowest BCUT2D eigenvalue weighted by Crippen LogP contribution is -2.33. The molecule has 2 heterocycles. The highest BCUT2D eigenvalue weighted by Crippen LogP contribution is 2.59. The summed E-state index contributed by atoms with van der Waals surface area (Å²) in [7, 11) is -7.93. The van der Waals surface area contributed by atoms with E-state index >= 15 is 0 Å². The molecule has 0 amide bonds. The summed E-state index contributed by atoms with van der Waals surface area (Å²) in [5.41, 5.74) is 0.581. The fourth-order valence-electron chi connectivity index (χ4n) is 3.59. The maximum Gasteiger partial charge on any atom is 0.472 e. The maximum absolute atomic E-state index is 11.5. The van der Waals surface area contributed by atoms with Crippen LogP contribution in [0.1, 0.15) is 51.0 Å². The molecule has 4 atom stereocenters. The molecule has 2 aliphatic rings. The smallest absolute Gasteiger partial charge is 0.302 e. The molecule has 4 rings (SSSR count). The minimum absolute atomic E-state index is 0.149. The summed E-state index contributed by atoms with van der Waals surface area (Å²) < 4.78 is 42.9. The minimum Gasteiger partial charge on any atom is -0.302 e. The lowest BCUT2D eigenvalue weighted by atomic mass is 9.83. The number of hydrogen-bond donors (Lipinski definition) is 2. The molecule has 0 aliphatic carbocycles. The van der Waals surface area contributed by atoms with E-state index in [0.29, 0.717) is 21.2 Å². The zero-order chi connectivity index (χ0) is 25.4. The van der Waals surface area contributed by atoms with Crippen molar-refractivity contribution < 1.29 is 37.0 Å². The van der Waals surface area contributed by atoms with Crippen molar-refractivity contribution >= 4 is 38.8 Å². The van der Waals surface area contributed by atoms with E-state index in [1.165, 1.54) is 0 Å². The molecular formula is C22H28Cl2O8P2. The summed E-state index contributed by atoms with van der Waals surface area (Å²) in [6.07, 6.45) is -1.11. The van der Waals surface area contributed by atoms with Crippen LogP contribution in [-0.4, -0.2) is 23.0 Å². The van der Waals surface area contributed by atoms with Gasteiger partial charge in [0, 0.05) is 32.0 Å². The molecule has 2 aromatic rings. The van der Waals surface area contributed by atoms with Crippen LogP contribution >= 0.6 is 38.8 Å². The van der Waals surface area contributed by atoms with Crippen LogP contribution in [0.2, 0.25) is 10.0 Å². The molecule has 34 heavy (non-hydrogen) atoms. The van der Waals surface area contributed by atoms with Crippen LogP contribution < -0.4 is 0 Å². The van der Waals surface area contributed by atoms with Crippen molar-refractivity contribution in [3.8, 4) is 0 Å². The molecule has 188 valence electrons. The Bertz CT molecular complexity index is 1040. The Balaban J connectivity index is 0.000000191. The van der Waals surface area contributed by atoms with Gasteiger partial charge in [-0.25, -0.2) is 9.13 Å². The fourth-order valence-corrected chi connectivity index (χ4v) is 6.50. The molecule has 8 nitrogen and oxygen atoms in total. The van der Waals surface area contributed by atoms with E-state index in [9.17, 15) is 18.9 Å². The van der Waals surface area contributed by atoms with Gasteiger partial charge in [-0.1, -0.05) is 87.3 Å². The average molecular weight is 553 g/mol. The molecule has 2 aliphatic heterocycles. The zero-order valence-electron chi connectivity index (χ0n) is 19.2. The van der Waals surface area contributed by atoms with Crippen molar-refractivity contribution in [1.82, 2.24) is 0 Å². The van der Waals surface area contributed by atoms with Gasteiger partial charge in [0.05, 0.1) is 13.2 Å². The van der Waals surface area contributed by atoms with Crippen molar-refractivity contribution in [1.29, 1.82) is 0 Å². The predicted molar refractivity (Wildman–Crippen MR) is 130 cm³/mol. The molecule has 2 N–H and O–H groups in total. The van der Waals surface area contributed by atoms with Gasteiger partial charge >= 0.3 is 15.6 Å². The van der Waals surface area contributed by atoms with Crippen molar-refractivity contribution in [2.75, 3.05) is 13.2 Å². The topological polar surface area (TPSA) is 112 Å². The zero-order valence-corrected chi connectivity index (χ0v) is 22.5. The minimum atomic E-state index is -3.97. The van der Waals surface area contributed by atoms with Gasteiger partial charge < -0.3 is 9.79 Å². The number of rotatable bonds is 2.